The van der Waals surface area contributed by atoms with Gasteiger partial charge in [0.05, 0.1) is 11.8 Å². The summed E-state index contributed by atoms with van der Waals surface area (Å²) in [5.41, 5.74) is 0. The fourth-order valence-electron chi connectivity index (χ4n) is 4.44. The lowest BCUT2D eigenvalue weighted by Gasteiger charge is -2.45. The fourth-order valence-corrected chi connectivity index (χ4v) is 4.44. The molecule has 0 aliphatic heterocycles. The Kier molecular flexibility index (Phi) is 4.48. The van der Waals surface area contributed by atoms with E-state index in [9.17, 15) is 19.8 Å². The van der Waals surface area contributed by atoms with Crippen LogP contribution in [0.5, 0.6) is 0 Å². The molecule has 2 fully saturated rings. The molecule has 0 aromatic rings. The first-order valence-corrected chi connectivity index (χ1v) is 7.50. The van der Waals surface area contributed by atoms with Gasteiger partial charge >= 0.3 is 11.9 Å². The Morgan fingerprint density at radius 2 is 1.74 bits per heavy atom. The minimum Gasteiger partial charge on any atom is -0.481 e. The lowest BCUT2D eigenvalue weighted by molar-refractivity contribution is -0.157. The first-order chi connectivity index (χ1) is 9.04. The zero-order valence-corrected chi connectivity index (χ0v) is 11.5. The zero-order chi connectivity index (χ0) is 14.0. The fraction of sp³-hybridized carbons (Fsp3) is 0.867. The highest BCUT2D eigenvalue weighted by molar-refractivity contribution is 5.75. The third-order valence-corrected chi connectivity index (χ3v) is 5.12. The van der Waals surface area contributed by atoms with Crippen molar-refractivity contribution in [3.63, 3.8) is 0 Å². The van der Waals surface area contributed by atoms with E-state index in [-0.39, 0.29) is 5.92 Å². The largest absolute Gasteiger partial charge is 0.481 e. The van der Waals surface area contributed by atoms with Crippen molar-refractivity contribution in [1.82, 2.24) is 0 Å². The lowest BCUT2D eigenvalue weighted by Crippen LogP contribution is -2.45. The molecule has 0 saturated heterocycles. The van der Waals surface area contributed by atoms with Crippen LogP contribution in [0.3, 0.4) is 0 Å². The smallest absolute Gasteiger partial charge is 0.306 e. The predicted octanol–water partition coefficient (Wildman–Crippen LogP) is 3.01. The van der Waals surface area contributed by atoms with Crippen molar-refractivity contribution in [2.45, 2.75) is 51.9 Å². The van der Waals surface area contributed by atoms with Crippen LogP contribution in [0.4, 0.5) is 0 Å². The van der Waals surface area contributed by atoms with Gasteiger partial charge in [0, 0.05) is 0 Å². The molecule has 2 aliphatic rings. The number of carboxylic acids is 2. The van der Waals surface area contributed by atoms with Gasteiger partial charge in [-0.25, -0.2) is 0 Å². The topological polar surface area (TPSA) is 74.6 Å². The minimum atomic E-state index is -0.796. The van der Waals surface area contributed by atoms with Crippen molar-refractivity contribution in [3.05, 3.63) is 0 Å². The van der Waals surface area contributed by atoms with Crippen LogP contribution in [0, 0.1) is 29.6 Å². The maximum atomic E-state index is 11.5. The molecule has 0 aromatic heterocycles. The van der Waals surface area contributed by atoms with E-state index in [2.05, 4.69) is 6.92 Å². The van der Waals surface area contributed by atoms with Crippen molar-refractivity contribution < 1.29 is 19.8 Å². The number of carboxylic acid groups (broad SMARTS) is 2. The molecule has 0 heterocycles. The molecule has 108 valence electrons. The first-order valence-electron chi connectivity index (χ1n) is 7.50. The molecular formula is C15H24O4. The molecule has 0 aromatic carbocycles. The molecule has 5 atom stereocenters. The first kappa shape index (κ1) is 14.4. The highest BCUT2D eigenvalue weighted by atomic mass is 16.4. The monoisotopic (exact) mass is 268 g/mol. The van der Waals surface area contributed by atoms with Crippen molar-refractivity contribution in [3.8, 4) is 0 Å². The summed E-state index contributed by atoms with van der Waals surface area (Å²) in [7, 11) is 0. The van der Waals surface area contributed by atoms with Gasteiger partial charge in [0.2, 0.25) is 0 Å². The highest BCUT2D eigenvalue weighted by Crippen LogP contribution is 2.49. The van der Waals surface area contributed by atoms with Gasteiger partial charge in [-0.05, 0) is 37.0 Å². The number of carbonyl (C=O) groups is 2. The average Bonchev–Trinajstić information content (AvgIpc) is 2.37. The van der Waals surface area contributed by atoms with Gasteiger partial charge in [-0.1, -0.05) is 32.6 Å². The van der Waals surface area contributed by atoms with E-state index in [0.717, 1.165) is 32.1 Å². The summed E-state index contributed by atoms with van der Waals surface area (Å²) < 4.78 is 0. The Labute approximate surface area is 114 Å². The van der Waals surface area contributed by atoms with Gasteiger partial charge in [0.15, 0.2) is 0 Å². The van der Waals surface area contributed by atoms with Gasteiger partial charge in [-0.3, -0.25) is 9.59 Å². The van der Waals surface area contributed by atoms with Crippen LogP contribution in [0.2, 0.25) is 0 Å². The molecule has 2 rings (SSSR count). The van der Waals surface area contributed by atoms with Gasteiger partial charge in [-0.15, -0.1) is 0 Å². The summed E-state index contributed by atoms with van der Waals surface area (Å²) in [5.74, 6) is -1.84. The van der Waals surface area contributed by atoms with Gasteiger partial charge in [0.25, 0.3) is 0 Å². The third kappa shape index (κ3) is 2.93. The maximum Gasteiger partial charge on any atom is 0.306 e. The Balaban J connectivity index is 2.20. The molecule has 2 saturated carbocycles. The Morgan fingerprint density at radius 3 is 2.32 bits per heavy atom. The van der Waals surface area contributed by atoms with Gasteiger partial charge in [-0.2, -0.15) is 0 Å². The van der Waals surface area contributed by atoms with Crippen LogP contribution < -0.4 is 0 Å². The van der Waals surface area contributed by atoms with E-state index in [0.29, 0.717) is 24.7 Å². The number of hydrogen-bond acceptors (Lipinski definition) is 2. The summed E-state index contributed by atoms with van der Waals surface area (Å²) in [6.07, 6.45) is 6.46. The second kappa shape index (κ2) is 5.93. The quantitative estimate of drug-likeness (QED) is 0.822. The van der Waals surface area contributed by atoms with E-state index in [1.165, 1.54) is 0 Å². The Morgan fingerprint density at radius 1 is 1.05 bits per heavy atom. The summed E-state index contributed by atoms with van der Waals surface area (Å²) >= 11 is 0. The van der Waals surface area contributed by atoms with E-state index < -0.39 is 23.8 Å². The molecule has 0 amide bonds. The predicted molar refractivity (Wildman–Crippen MR) is 70.7 cm³/mol. The molecule has 0 radical (unpaired) electrons. The van der Waals surface area contributed by atoms with Crippen LogP contribution in [-0.4, -0.2) is 22.2 Å². The number of fused-ring (bicyclic) bond motifs is 1. The molecule has 2 N–H and O–H groups in total. The Hall–Kier alpha value is -1.06. The van der Waals surface area contributed by atoms with E-state index in [4.69, 9.17) is 0 Å². The van der Waals surface area contributed by atoms with Crippen LogP contribution in [0.15, 0.2) is 0 Å². The average molecular weight is 268 g/mol. The minimum absolute atomic E-state index is 0.142. The number of rotatable bonds is 4. The van der Waals surface area contributed by atoms with Gasteiger partial charge < -0.3 is 10.2 Å². The number of aliphatic carboxylic acids is 2. The summed E-state index contributed by atoms with van der Waals surface area (Å²) in [5, 5.41) is 18.8. The third-order valence-electron chi connectivity index (χ3n) is 5.12. The van der Waals surface area contributed by atoms with E-state index in [1.54, 1.807) is 0 Å². The van der Waals surface area contributed by atoms with Crippen LogP contribution >= 0.6 is 0 Å². The molecule has 5 unspecified atom stereocenters. The van der Waals surface area contributed by atoms with Crippen molar-refractivity contribution in [2.24, 2.45) is 29.6 Å². The van der Waals surface area contributed by atoms with Gasteiger partial charge in [0.1, 0.15) is 0 Å². The molecule has 2 aliphatic carbocycles. The molecule has 4 nitrogen and oxygen atoms in total. The SMILES string of the molecule is CCCC1CC2CCCC(C(=O)O)C2C(C(=O)O)C1. The summed E-state index contributed by atoms with van der Waals surface area (Å²) in [6, 6.07) is 0. The van der Waals surface area contributed by atoms with Crippen LogP contribution in [-0.2, 0) is 9.59 Å². The molecule has 4 heteroatoms. The van der Waals surface area contributed by atoms with Crippen molar-refractivity contribution >= 4 is 11.9 Å². The maximum absolute atomic E-state index is 11.5. The summed E-state index contributed by atoms with van der Waals surface area (Å²) in [4.78, 5) is 22.9. The second-order valence-corrected chi connectivity index (χ2v) is 6.28. The Bertz CT molecular complexity index is 352. The van der Waals surface area contributed by atoms with E-state index >= 15 is 0 Å². The lowest BCUT2D eigenvalue weighted by atomic mass is 9.58. The zero-order valence-electron chi connectivity index (χ0n) is 11.5. The van der Waals surface area contributed by atoms with Crippen LogP contribution in [0.25, 0.3) is 0 Å². The number of hydrogen-bond donors (Lipinski definition) is 2. The molecular weight excluding hydrogens is 244 g/mol. The normalized spacial score (nSPS) is 38.5. The standard InChI is InChI=1S/C15H24O4/c1-2-4-9-7-10-5-3-6-11(14(16)17)13(10)12(8-9)15(18)19/h9-13H,2-8H2,1H3,(H,16,17)(H,18,19). The summed E-state index contributed by atoms with van der Waals surface area (Å²) in [6.45, 7) is 2.13. The van der Waals surface area contributed by atoms with Crippen molar-refractivity contribution in [2.75, 3.05) is 0 Å². The molecule has 0 bridgehead atoms. The molecule has 0 spiro atoms. The molecule has 19 heavy (non-hydrogen) atoms. The van der Waals surface area contributed by atoms with E-state index in [1.807, 2.05) is 0 Å². The highest BCUT2D eigenvalue weighted by Gasteiger charge is 2.48. The second-order valence-electron chi connectivity index (χ2n) is 6.28. The van der Waals surface area contributed by atoms with Crippen molar-refractivity contribution in [1.29, 1.82) is 0 Å². The van der Waals surface area contributed by atoms with Crippen LogP contribution in [0.1, 0.15) is 51.9 Å².